The van der Waals surface area contributed by atoms with Gasteiger partial charge in [-0.15, -0.1) is 0 Å². The van der Waals surface area contributed by atoms with E-state index in [9.17, 15) is 4.79 Å². The molecule has 30 heavy (non-hydrogen) atoms. The van der Waals surface area contributed by atoms with E-state index in [-0.39, 0.29) is 0 Å². The predicted octanol–water partition coefficient (Wildman–Crippen LogP) is 2.82. The van der Waals surface area contributed by atoms with Crippen molar-refractivity contribution in [3.63, 3.8) is 0 Å². The molecule has 0 unspecified atom stereocenters. The lowest BCUT2D eigenvalue weighted by molar-refractivity contribution is 0.0529. The van der Waals surface area contributed by atoms with Gasteiger partial charge in [0, 0.05) is 38.6 Å². The number of guanidine groups is 1. The molecular formula is C22H34N6O2. The summed E-state index contributed by atoms with van der Waals surface area (Å²) in [4.78, 5) is 20.6. The summed E-state index contributed by atoms with van der Waals surface area (Å²) in [5.74, 6) is 1.70. The van der Waals surface area contributed by atoms with E-state index in [0.717, 1.165) is 24.5 Å². The molecule has 0 saturated carbocycles. The van der Waals surface area contributed by atoms with Crippen LogP contribution in [0.3, 0.4) is 0 Å². The van der Waals surface area contributed by atoms with E-state index < -0.39 is 11.7 Å². The van der Waals surface area contributed by atoms with Crippen LogP contribution >= 0.6 is 0 Å². The second-order valence-corrected chi connectivity index (χ2v) is 7.97. The number of rotatable bonds is 8. The number of nitrogens with zero attached hydrogens (tertiary/aromatic N) is 3. The van der Waals surface area contributed by atoms with Crippen LogP contribution in [-0.2, 0) is 17.8 Å². The number of imidazole rings is 1. The van der Waals surface area contributed by atoms with E-state index in [1.807, 2.05) is 47.0 Å². The van der Waals surface area contributed by atoms with Crippen molar-refractivity contribution in [2.45, 2.75) is 53.3 Å². The van der Waals surface area contributed by atoms with Crippen LogP contribution in [-0.4, -0.2) is 46.8 Å². The molecule has 0 atom stereocenters. The first kappa shape index (κ1) is 23.3. The van der Waals surface area contributed by atoms with Crippen molar-refractivity contribution < 1.29 is 9.53 Å². The molecule has 8 nitrogen and oxygen atoms in total. The fraction of sp³-hybridized carbons (Fsp3) is 0.500. The van der Waals surface area contributed by atoms with E-state index >= 15 is 0 Å². The molecule has 3 N–H and O–H groups in total. The largest absolute Gasteiger partial charge is 0.444 e. The van der Waals surface area contributed by atoms with Gasteiger partial charge in [-0.25, -0.2) is 14.8 Å². The van der Waals surface area contributed by atoms with E-state index in [4.69, 9.17) is 4.74 Å². The smallest absolute Gasteiger partial charge is 0.407 e. The first-order chi connectivity index (χ1) is 14.3. The quantitative estimate of drug-likeness (QED) is 0.351. The van der Waals surface area contributed by atoms with E-state index in [0.29, 0.717) is 25.6 Å². The average Bonchev–Trinajstić information content (AvgIpc) is 3.06. The predicted molar refractivity (Wildman–Crippen MR) is 120 cm³/mol. The number of alkyl carbamates (subject to hydrolysis) is 1. The summed E-state index contributed by atoms with van der Waals surface area (Å²) in [5.41, 5.74) is 1.84. The van der Waals surface area contributed by atoms with E-state index in [1.54, 1.807) is 0 Å². The van der Waals surface area contributed by atoms with Gasteiger partial charge in [0.1, 0.15) is 11.4 Å². The Hall–Kier alpha value is -3.03. The van der Waals surface area contributed by atoms with Gasteiger partial charge in [0.25, 0.3) is 0 Å². The highest BCUT2D eigenvalue weighted by molar-refractivity contribution is 5.79. The Labute approximate surface area is 179 Å². The molecule has 0 radical (unpaired) electrons. The lowest BCUT2D eigenvalue weighted by Crippen LogP contribution is -2.42. The van der Waals surface area contributed by atoms with Crippen LogP contribution in [0.15, 0.2) is 41.7 Å². The maximum atomic E-state index is 11.7. The molecule has 0 aliphatic rings. The Kier molecular flexibility index (Phi) is 8.70. The SMILES string of the molecule is CCNC(=NCc1cccc(Cn2ccnc2C)c1)NCCNC(=O)OC(C)(C)C. The summed E-state index contributed by atoms with van der Waals surface area (Å²) in [6.45, 7) is 12.6. The third-order valence-electron chi connectivity index (χ3n) is 4.12. The molecule has 1 heterocycles. The monoisotopic (exact) mass is 414 g/mol. The average molecular weight is 415 g/mol. The van der Waals surface area contributed by atoms with Gasteiger partial charge in [-0.05, 0) is 45.7 Å². The molecule has 164 valence electrons. The van der Waals surface area contributed by atoms with Gasteiger partial charge >= 0.3 is 6.09 Å². The summed E-state index contributed by atoms with van der Waals surface area (Å²) in [6.07, 6.45) is 3.38. The van der Waals surface area contributed by atoms with Crippen LogP contribution in [0.2, 0.25) is 0 Å². The molecule has 0 aliphatic carbocycles. The zero-order valence-electron chi connectivity index (χ0n) is 18.7. The standard InChI is InChI=1S/C22H34N6O2/c1-6-23-20(25-10-11-26-21(29)30-22(3,4)5)27-15-18-8-7-9-19(14-18)16-28-13-12-24-17(28)2/h7-9,12-14H,6,10-11,15-16H2,1-5H3,(H,26,29)(H2,23,25,27). The number of aryl methyl sites for hydroxylation is 1. The maximum Gasteiger partial charge on any atom is 0.407 e. The summed E-state index contributed by atoms with van der Waals surface area (Å²) in [7, 11) is 0. The Morgan fingerprint density at radius 2 is 1.90 bits per heavy atom. The summed E-state index contributed by atoms with van der Waals surface area (Å²) < 4.78 is 7.34. The molecule has 0 fully saturated rings. The zero-order valence-corrected chi connectivity index (χ0v) is 18.7. The number of hydrogen-bond donors (Lipinski definition) is 3. The normalized spacial score (nSPS) is 11.8. The number of amides is 1. The number of nitrogens with one attached hydrogen (secondary N) is 3. The molecule has 8 heteroatoms. The van der Waals surface area contributed by atoms with Gasteiger partial charge in [0.15, 0.2) is 5.96 Å². The lowest BCUT2D eigenvalue weighted by atomic mass is 10.1. The van der Waals surface area contributed by atoms with Crippen LogP contribution in [0.4, 0.5) is 4.79 Å². The van der Waals surface area contributed by atoms with Crippen molar-refractivity contribution >= 4 is 12.1 Å². The van der Waals surface area contributed by atoms with Gasteiger partial charge in [0.05, 0.1) is 6.54 Å². The summed E-state index contributed by atoms with van der Waals surface area (Å²) in [5, 5.41) is 9.17. The summed E-state index contributed by atoms with van der Waals surface area (Å²) >= 11 is 0. The van der Waals surface area contributed by atoms with Gasteiger partial charge in [-0.3, -0.25) is 0 Å². The van der Waals surface area contributed by atoms with Crippen molar-refractivity contribution in [1.29, 1.82) is 0 Å². The van der Waals surface area contributed by atoms with Crippen molar-refractivity contribution in [3.05, 3.63) is 53.6 Å². The molecule has 1 aromatic carbocycles. The Balaban J connectivity index is 1.86. The van der Waals surface area contributed by atoms with Gasteiger partial charge < -0.3 is 25.3 Å². The number of ether oxygens (including phenoxy) is 1. The van der Waals surface area contributed by atoms with Crippen LogP contribution in [0.25, 0.3) is 0 Å². The highest BCUT2D eigenvalue weighted by Gasteiger charge is 2.15. The molecule has 2 rings (SSSR count). The van der Waals surface area contributed by atoms with Gasteiger partial charge in [-0.1, -0.05) is 24.3 Å². The molecular weight excluding hydrogens is 380 g/mol. The number of aliphatic imine (C=N–C) groups is 1. The highest BCUT2D eigenvalue weighted by atomic mass is 16.6. The molecule has 0 saturated heterocycles. The Morgan fingerprint density at radius 3 is 2.57 bits per heavy atom. The van der Waals surface area contributed by atoms with Crippen LogP contribution in [0.5, 0.6) is 0 Å². The molecule has 1 amide bonds. The number of carbonyl (C=O) groups is 1. The molecule has 1 aromatic heterocycles. The van der Waals surface area contributed by atoms with Crippen molar-refractivity contribution in [1.82, 2.24) is 25.5 Å². The minimum absolute atomic E-state index is 0.420. The zero-order chi connectivity index (χ0) is 22.0. The fourth-order valence-electron chi connectivity index (χ4n) is 2.77. The van der Waals surface area contributed by atoms with Crippen molar-refractivity contribution in [2.24, 2.45) is 4.99 Å². The second-order valence-electron chi connectivity index (χ2n) is 7.97. The van der Waals surface area contributed by atoms with E-state index in [1.165, 1.54) is 5.56 Å². The third kappa shape index (κ3) is 8.55. The van der Waals surface area contributed by atoms with Crippen LogP contribution in [0, 0.1) is 6.92 Å². The van der Waals surface area contributed by atoms with Crippen molar-refractivity contribution in [3.8, 4) is 0 Å². The van der Waals surface area contributed by atoms with Crippen LogP contribution in [0.1, 0.15) is 44.6 Å². The van der Waals surface area contributed by atoms with Crippen molar-refractivity contribution in [2.75, 3.05) is 19.6 Å². The number of carbonyl (C=O) groups excluding carboxylic acids is 1. The first-order valence-corrected chi connectivity index (χ1v) is 10.3. The number of benzene rings is 1. The summed E-state index contributed by atoms with van der Waals surface area (Å²) in [6, 6.07) is 8.40. The maximum absolute atomic E-state index is 11.7. The molecule has 0 aliphatic heterocycles. The van der Waals surface area contributed by atoms with Gasteiger partial charge in [0.2, 0.25) is 0 Å². The second kappa shape index (κ2) is 11.2. The van der Waals surface area contributed by atoms with Crippen LogP contribution < -0.4 is 16.0 Å². The number of hydrogen-bond acceptors (Lipinski definition) is 4. The van der Waals surface area contributed by atoms with E-state index in [2.05, 4.69) is 54.8 Å². The molecule has 2 aromatic rings. The molecule has 0 bridgehead atoms. The third-order valence-corrected chi connectivity index (χ3v) is 4.12. The Bertz CT molecular complexity index is 838. The first-order valence-electron chi connectivity index (χ1n) is 10.3. The minimum Gasteiger partial charge on any atom is -0.444 e. The highest BCUT2D eigenvalue weighted by Crippen LogP contribution is 2.10. The topological polar surface area (TPSA) is 92.6 Å². The molecule has 0 spiro atoms. The Morgan fingerprint density at radius 1 is 1.17 bits per heavy atom. The number of aromatic nitrogens is 2. The van der Waals surface area contributed by atoms with Gasteiger partial charge in [-0.2, -0.15) is 0 Å². The lowest BCUT2D eigenvalue weighted by Gasteiger charge is -2.19. The fourth-order valence-corrected chi connectivity index (χ4v) is 2.77. The minimum atomic E-state index is -0.501.